The van der Waals surface area contributed by atoms with E-state index in [1.54, 1.807) is 55.3 Å². The lowest BCUT2D eigenvalue weighted by molar-refractivity contribution is -0.0178. The molecule has 0 unspecified atom stereocenters. The largest absolute Gasteiger partial charge is 0.497 e. The second kappa shape index (κ2) is 6.84. The van der Waals surface area contributed by atoms with E-state index in [0.717, 1.165) is 6.42 Å². The maximum absolute atomic E-state index is 14.0. The van der Waals surface area contributed by atoms with Gasteiger partial charge in [-0.25, -0.2) is 4.39 Å². The Morgan fingerprint density at radius 1 is 1.24 bits per heavy atom. The quantitative estimate of drug-likeness (QED) is 0.926. The van der Waals surface area contributed by atoms with Crippen LogP contribution >= 0.6 is 0 Å². The van der Waals surface area contributed by atoms with Gasteiger partial charge in [0.1, 0.15) is 17.2 Å². The average Bonchev–Trinajstić information content (AvgIpc) is 3.12. The van der Waals surface area contributed by atoms with Crippen molar-refractivity contribution in [1.82, 2.24) is 4.90 Å². The second-order valence-corrected chi connectivity index (χ2v) is 6.51. The van der Waals surface area contributed by atoms with Gasteiger partial charge in [-0.2, -0.15) is 0 Å². The molecule has 1 amide bonds. The number of rotatable bonds is 4. The normalized spacial score (nSPS) is 19.5. The van der Waals surface area contributed by atoms with Gasteiger partial charge in [-0.15, -0.1) is 0 Å². The number of benzene rings is 2. The third-order valence-electron chi connectivity index (χ3n) is 4.94. The minimum atomic E-state index is -1.23. The van der Waals surface area contributed by atoms with Crippen LogP contribution in [0.15, 0.2) is 48.5 Å². The number of amides is 1. The molecule has 4 nitrogen and oxygen atoms in total. The Balaban J connectivity index is 1.89. The van der Waals surface area contributed by atoms with E-state index in [4.69, 9.17) is 4.74 Å². The summed E-state index contributed by atoms with van der Waals surface area (Å²) < 4.78 is 19.1. The fraction of sp³-hybridized carbons (Fsp3) is 0.350. The van der Waals surface area contributed by atoms with E-state index >= 15 is 0 Å². The number of halogens is 1. The summed E-state index contributed by atoms with van der Waals surface area (Å²) in [7, 11) is 1.58. The van der Waals surface area contributed by atoms with E-state index < -0.39 is 17.5 Å². The fourth-order valence-corrected chi connectivity index (χ4v) is 3.50. The van der Waals surface area contributed by atoms with Crippen molar-refractivity contribution >= 4 is 5.91 Å². The molecule has 2 atom stereocenters. The lowest BCUT2D eigenvalue weighted by atomic mass is 9.86. The van der Waals surface area contributed by atoms with Crippen molar-refractivity contribution in [3.8, 4) is 5.75 Å². The molecule has 0 saturated carbocycles. The lowest BCUT2D eigenvalue weighted by Gasteiger charge is -2.37. The van der Waals surface area contributed by atoms with Crippen LogP contribution < -0.4 is 4.74 Å². The maximum atomic E-state index is 14.0. The van der Waals surface area contributed by atoms with Crippen molar-refractivity contribution in [2.75, 3.05) is 13.7 Å². The predicted octanol–water partition coefficient (Wildman–Crippen LogP) is 3.35. The number of hydrogen-bond acceptors (Lipinski definition) is 3. The minimum absolute atomic E-state index is 0.0416. The summed E-state index contributed by atoms with van der Waals surface area (Å²) in [5, 5.41) is 11.2. The highest BCUT2D eigenvalue weighted by atomic mass is 19.1. The van der Waals surface area contributed by atoms with E-state index in [1.807, 2.05) is 0 Å². The number of hydrogen-bond donors (Lipinski definition) is 1. The molecule has 1 heterocycles. The molecule has 25 heavy (non-hydrogen) atoms. The molecule has 1 saturated heterocycles. The Bertz CT molecular complexity index is 758. The van der Waals surface area contributed by atoms with Gasteiger partial charge in [0.25, 0.3) is 5.91 Å². The molecular formula is C20H22FNO3. The number of carbonyl (C=O) groups excluding carboxylic acids is 1. The second-order valence-electron chi connectivity index (χ2n) is 6.51. The van der Waals surface area contributed by atoms with Crippen LogP contribution in [0, 0.1) is 5.82 Å². The van der Waals surface area contributed by atoms with Gasteiger partial charge in [-0.3, -0.25) is 4.79 Å². The third kappa shape index (κ3) is 3.24. The monoisotopic (exact) mass is 343 g/mol. The number of nitrogens with zero attached hydrogens (tertiary/aromatic N) is 1. The first-order chi connectivity index (χ1) is 11.9. The summed E-state index contributed by atoms with van der Waals surface area (Å²) in [6.45, 7) is 2.20. The molecule has 3 rings (SSSR count). The Morgan fingerprint density at radius 3 is 2.56 bits per heavy atom. The van der Waals surface area contributed by atoms with Gasteiger partial charge in [-0.05, 0) is 49.6 Å². The van der Waals surface area contributed by atoms with Gasteiger partial charge >= 0.3 is 0 Å². The summed E-state index contributed by atoms with van der Waals surface area (Å²) in [5.41, 5.74) is -0.490. The van der Waals surface area contributed by atoms with E-state index in [2.05, 4.69) is 0 Å². The molecule has 0 spiro atoms. The smallest absolute Gasteiger partial charge is 0.257 e. The zero-order chi connectivity index (χ0) is 18.0. The van der Waals surface area contributed by atoms with E-state index in [1.165, 1.54) is 12.1 Å². The van der Waals surface area contributed by atoms with Gasteiger partial charge in [0, 0.05) is 6.54 Å². The van der Waals surface area contributed by atoms with E-state index in [-0.39, 0.29) is 11.5 Å². The van der Waals surface area contributed by atoms with Gasteiger partial charge in [0.15, 0.2) is 0 Å². The topological polar surface area (TPSA) is 49.8 Å². The van der Waals surface area contributed by atoms with Crippen LogP contribution in [0.5, 0.6) is 5.75 Å². The van der Waals surface area contributed by atoms with Crippen molar-refractivity contribution in [3.63, 3.8) is 0 Å². The van der Waals surface area contributed by atoms with Crippen LogP contribution in [-0.4, -0.2) is 35.6 Å². The lowest BCUT2D eigenvalue weighted by Crippen LogP contribution is -2.48. The van der Waals surface area contributed by atoms with Gasteiger partial charge < -0.3 is 14.7 Å². The molecule has 0 radical (unpaired) electrons. The van der Waals surface area contributed by atoms with Crippen LogP contribution in [0.2, 0.25) is 0 Å². The van der Waals surface area contributed by atoms with Crippen LogP contribution in [-0.2, 0) is 5.60 Å². The number of carbonyl (C=O) groups is 1. The highest BCUT2D eigenvalue weighted by Crippen LogP contribution is 2.36. The van der Waals surface area contributed by atoms with Crippen molar-refractivity contribution in [2.45, 2.75) is 31.4 Å². The van der Waals surface area contributed by atoms with Crippen LogP contribution in [0.1, 0.15) is 35.7 Å². The van der Waals surface area contributed by atoms with E-state index in [0.29, 0.717) is 24.3 Å². The maximum Gasteiger partial charge on any atom is 0.257 e. The van der Waals surface area contributed by atoms with Crippen molar-refractivity contribution in [2.24, 2.45) is 0 Å². The summed E-state index contributed by atoms with van der Waals surface area (Å²) in [6, 6.07) is 12.7. The molecule has 1 aliphatic heterocycles. The molecule has 0 bridgehead atoms. The summed E-state index contributed by atoms with van der Waals surface area (Å²) >= 11 is 0. The molecule has 132 valence electrons. The summed E-state index contributed by atoms with van der Waals surface area (Å²) in [5.74, 6) is -0.220. The predicted molar refractivity (Wildman–Crippen MR) is 93.0 cm³/mol. The van der Waals surface area contributed by atoms with Crippen molar-refractivity contribution in [3.05, 3.63) is 65.5 Å². The summed E-state index contributed by atoms with van der Waals surface area (Å²) in [4.78, 5) is 14.4. The Hall–Kier alpha value is -2.40. The highest BCUT2D eigenvalue weighted by molar-refractivity contribution is 5.95. The minimum Gasteiger partial charge on any atom is -0.497 e. The molecule has 5 heteroatoms. The number of ether oxygens (including phenoxy) is 1. The van der Waals surface area contributed by atoms with Crippen molar-refractivity contribution in [1.29, 1.82) is 0 Å². The van der Waals surface area contributed by atoms with Crippen LogP contribution in [0.4, 0.5) is 4.39 Å². The van der Waals surface area contributed by atoms with Gasteiger partial charge in [0.05, 0.1) is 18.7 Å². The number of likely N-dealkylation sites (tertiary alicyclic amines) is 1. The zero-order valence-electron chi connectivity index (χ0n) is 14.4. The Kier molecular flexibility index (Phi) is 4.77. The standard InChI is InChI=1S/C20H22FNO3/c1-20(24,14-9-11-15(25-2)12-10-14)18-8-5-13-22(18)19(23)16-6-3-4-7-17(16)21/h3-4,6-7,9-12,18,24H,5,8,13H2,1-2H3/t18-,20-/m0/s1. The van der Waals surface area contributed by atoms with Crippen LogP contribution in [0.3, 0.4) is 0 Å². The first kappa shape index (κ1) is 17.4. The molecule has 2 aromatic rings. The number of methoxy groups -OCH3 is 1. The molecule has 0 aliphatic carbocycles. The Labute approximate surface area is 146 Å². The zero-order valence-corrected chi connectivity index (χ0v) is 14.4. The SMILES string of the molecule is COc1ccc([C@](C)(O)[C@@H]2CCCN2C(=O)c2ccccc2F)cc1. The van der Waals surface area contributed by atoms with E-state index in [9.17, 15) is 14.3 Å². The number of aliphatic hydroxyl groups is 1. The molecule has 1 aliphatic rings. The first-order valence-corrected chi connectivity index (χ1v) is 8.37. The Morgan fingerprint density at radius 2 is 1.92 bits per heavy atom. The van der Waals surface area contributed by atoms with Crippen LogP contribution in [0.25, 0.3) is 0 Å². The molecule has 1 fully saturated rings. The van der Waals surface area contributed by atoms with Gasteiger partial charge in [-0.1, -0.05) is 24.3 Å². The molecule has 0 aromatic heterocycles. The molecule has 1 N–H and O–H groups in total. The van der Waals surface area contributed by atoms with Crippen molar-refractivity contribution < 1.29 is 19.0 Å². The summed E-state index contributed by atoms with van der Waals surface area (Å²) in [6.07, 6.45) is 1.44. The van der Waals surface area contributed by atoms with Gasteiger partial charge in [0.2, 0.25) is 0 Å². The third-order valence-corrected chi connectivity index (χ3v) is 4.94. The average molecular weight is 343 g/mol. The highest BCUT2D eigenvalue weighted by Gasteiger charge is 2.43. The first-order valence-electron chi connectivity index (χ1n) is 8.37. The molecule has 2 aromatic carbocycles. The molecular weight excluding hydrogens is 321 g/mol. The fourth-order valence-electron chi connectivity index (χ4n) is 3.50.